The van der Waals surface area contributed by atoms with E-state index in [-0.39, 0.29) is 38.2 Å². The van der Waals surface area contributed by atoms with E-state index in [0.717, 1.165) is 25.9 Å². The average Bonchev–Trinajstić information content (AvgIpc) is 3.41. The lowest BCUT2D eigenvalue weighted by Gasteiger charge is -2.34. The molecule has 4 rings (SSSR count). The maximum Gasteiger partial charge on any atom is 0.573 e. The molecule has 1 aromatic carbocycles. The third kappa shape index (κ3) is 5.67. The predicted molar refractivity (Wildman–Crippen MR) is 109 cm³/mol. The number of alkyl halides is 3. The van der Waals surface area contributed by atoms with Gasteiger partial charge in [0.1, 0.15) is 5.75 Å². The number of amides is 3. The minimum atomic E-state index is -4.80. The molecule has 0 unspecified atom stereocenters. The number of nitrogens with zero attached hydrogens (tertiary/aromatic N) is 4. The Labute approximate surface area is 188 Å². The van der Waals surface area contributed by atoms with Crippen molar-refractivity contribution in [3.05, 3.63) is 23.8 Å². The zero-order valence-electron chi connectivity index (χ0n) is 18.0. The molecule has 3 fully saturated rings. The number of benzene rings is 1. The van der Waals surface area contributed by atoms with Crippen LogP contribution < -0.4 is 9.64 Å². The number of hydroxylamine groups is 2. The largest absolute Gasteiger partial charge is 0.573 e. The topological polar surface area (TPSA) is 82.6 Å². The van der Waals surface area contributed by atoms with E-state index in [2.05, 4.69) is 4.74 Å². The van der Waals surface area contributed by atoms with Crippen LogP contribution in [0.25, 0.3) is 0 Å². The molecule has 33 heavy (non-hydrogen) atoms. The molecule has 3 amide bonds. The second-order valence-electron chi connectivity index (χ2n) is 8.24. The number of anilines is 1. The SMILES string of the molecule is O=C(ON1C(=O)CCC1=O)N1CCN(Cc2ccc(N3CCCC3)cc2OC(F)(F)F)CC1. The van der Waals surface area contributed by atoms with Gasteiger partial charge in [-0.05, 0) is 18.9 Å². The molecule has 3 heterocycles. The molecular weight excluding hydrogens is 445 g/mol. The molecule has 0 aliphatic carbocycles. The Morgan fingerprint density at radius 3 is 2.18 bits per heavy atom. The molecule has 0 saturated carbocycles. The molecule has 1 aromatic rings. The smallest absolute Gasteiger partial charge is 0.405 e. The Bertz CT molecular complexity index is 896. The lowest BCUT2D eigenvalue weighted by molar-refractivity contribution is -0.275. The highest BCUT2D eigenvalue weighted by Crippen LogP contribution is 2.33. The van der Waals surface area contributed by atoms with Gasteiger partial charge in [-0.1, -0.05) is 6.07 Å². The van der Waals surface area contributed by atoms with Crippen molar-refractivity contribution >= 4 is 23.6 Å². The molecule has 0 N–H and O–H groups in total. The molecule has 12 heteroatoms. The normalized spacial score (nSPS) is 20.0. The summed E-state index contributed by atoms with van der Waals surface area (Å²) in [5, 5.41) is 0.497. The van der Waals surface area contributed by atoms with Crippen LogP contribution in [-0.4, -0.2) is 78.4 Å². The van der Waals surface area contributed by atoms with E-state index in [9.17, 15) is 27.6 Å². The number of ether oxygens (including phenoxy) is 1. The molecule has 3 saturated heterocycles. The Kier molecular flexibility index (Phi) is 6.63. The van der Waals surface area contributed by atoms with Gasteiger partial charge in [0, 0.05) is 76.0 Å². The zero-order chi connectivity index (χ0) is 23.6. The van der Waals surface area contributed by atoms with Crippen molar-refractivity contribution < 1.29 is 37.1 Å². The number of rotatable bonds is 5. The van der Waals surface area contributed by atoms with Crippen LogP contribution in [0, 0.1) is 0 Å². The fourth-order valence-corrected chi connectivity index (χ4v) is 4.19. The number of hydrogen-bond acceptors (Lipinski definition) is 7. The summed E-state index contributed by atoms with van der Waals surface area (Å²) in [6.45, 7) is 3.09. The first-order valence-electron chi connectivity index (χ1n) is 10.9. The molecule has 3 aliphatic rings. The van der Waals surface area contributed by atoms with Crippen LogP contribution in [0.3, 0.4) is 0 Å². The van der Waals surface area contributed by atoms with Gasteiger partial charge in [0.15, 0.2) is 0 Å². The Balaban J connectivity index is 1.36. The summed E-state index contributed by atoms with van der Waals surface area (Å²) in [4.78, 5) is 45.7. The monoisotopic (exact) mass is 470 g/mol. The van der Waals surface area contributed by atoms with Gasteiger partial charge in [-0.15, -0.1) is 18.2 Å². The van der Waals surface area contributed by atoms with Crippen LogP contribution in [0.5, 0.6) is 5.75 Å². The highest BCUT2D eigenvalue weighted by Gasteiger charge is 2.35. The van der Waals surface area contributed by atoms with Gasteiger partial charge in [-0.2, -0.15) is 0 Å². The Hall–Kier alpha value is -3.02. The second-order valence-corrected chi connectivity index (χ2v) is 8.24. The third-order valence-corrected chi connectivity index (χ3v) is 5.95. The fraction of sp³-hybridized carbons (Fsp3) is 0.571. The van der Waals surface area contributed by atoms with E-state index in [1.54, 1.807) is 6.07 Å². The molecule has 3 aliphatic heterocycles. The van der Waals surface area contributed by atoms with Gasteiger partial charge in [-0.3, -0.25) is 14.5 Å². The van der Waals surface area contributed by atoms with Gasteiger partial charge >= 0.3 is 12.5 Å². The summed E-state index contributed by atoms with van der Waals surface area (Å²) >= 11 is 0. The van der Waals surface area contributed by atoms with Crippen LogP contribution in [0.2, 0.25) is 0 Å². The number of hydrogen-bond donors (Lipinski definition) is 0. The van der Waals surface area contributed by atoms with Crippen LogP contribution in [-0.2, 0) is 21.0 Å². The molecular formula is C21H25F3N4O5. The van der Waals surface area contributed by atoms with Gasteiger partial charge in [0.2, 0.25) is 0 Å². The maximum atomic E-state index is 13.0. The van der Waals surface area contributed by atoms with Crippen LogP contribution in [0.4, 0.5) is 23.7 Å². The fourth-order valence-electron chi connectivity index (χ4n) is 4.19. The van der Waals surface area contributed by atoms with E-state index in [1.165, 1.54) is 11.0 Å². The van der Waals surface area contributed by atoms with E-state index in [1.807, 2.05) is 15.9 Å². The summed E-state index contributed by atoms with van der Waals surface area (Å²) in [6, 6.07) is 4.90. The summed E-state index contributed by atoms with van der Waals surface area (Å²) in [5.74, 6) is -1.33. The molecule has 0 atom stereocenters. The number of halogens is 3. The third-order valence-electron chi connectivity index (χ3n) is 5.95. The van der Waals surface area contributed by atoms with Gasteiger partial charge in [-0.25, -0.2) is 4.79 Å². The first-order valence-corrected chi connectivity index (χ1v) is 10.9. The van der Waals surface area contributed by atoms with Crippen molar-refractivity contribution in [3.8, 4) is 5.75 Å². The van der Waals surface area contributed by atoms with E-state index in [0.29, 0.717) is 29.4 Å². The quantitative estimate of drug-likeness (QED) is 0.612. The standard InChI is InChI=1S/C21H25F3N4O5/c22-21(23,24)32-17-13-16(26-7-1-2-8-26)4-3-15(17)14-25-9-11-27(12-10-25)20(31)33-28-18(29)5-6-19(28)30/h3-4,13H,1-2,5-12,14H2. The Morgan fingerprint density at radius 2 is 1.58 bits per heavy atom. The number of carbonyl (C=O) groups excluding carboxylic acids is 3. The minimum absolute atomic E-state index is 0.0127. The van der Waals surface area contributed by atoms with Gasteiger partial charge in [0.05, 0.1) is 0 Å². The zero-order valence-corrected chi connectivity index (χ0v) is 18.0. The highest BCUT2D eigenvalue weighted by atomic mass is 19.4. The number of carbonyl (C=O) groups is 3. The van der Waals surface area contributed by atoms with Crippen molar-refractivity contribution in [2.24, 2.45) is 0 Å². The van der Waals surface area contributed by atoms with Crippen molar-refractivity contribution in [1.82, 2.24) is 14.9 Å². The Morgan fingerprint density at radius 1 is 0.939 bits per heavy atom. The van der Waals surface area contributed by atoms with E-state index in [4.69, 9.17) is 4.84 Å². The molecule has 0 spiro atoms. The van der Waals surface area contributed by atoms with Crippen molar-refractivity contribution in [1.29, 1.82) is 0 Å². The van der Waals surface area contributed by atoms with Crippen molar-refractivity contribution in [2.45, 2.75) is 38.6 Å². The second kappa shape index (κ2) is 9.46. The first kappa shape index (κ1) is 23.1. The molecule has 0 aromatic heterocycles. The minimum Gasteiger partial charge on any atom is -0.405 e. The molecule has 0 radical (unpaired) electrons. The van der Waals surface area contributed by atoms with Crippen LogP contribution in [0.15, 0.2) is 18.2 Å². The van der Waals surface area contributed by atoms with E-state index >= 15 is 0 Å². The summed E-state index contributed by atoms with van der Waals surface area (Å²) < 4.78 is 43.4. The van der Waals surface area contributed by atoms with Gasteiger partial charge in [0.25, 0.3) is 11.8 Å². The molecule has 180 valence electrons. The number of imide groups is 1. The highest BCUT2D eigenvalue weighted by molar-refractivity contribution is 6.01. The van der Waals surface area contributed by atoms with Crippen molar-refractivity contribution in [2.75, 3.05) is 44.2 Å². The first-order chi connectivity index (χ1) is 15.7. The average molecular weight is 470 g/mol. The number of piperazine rings is 1. The summed E-state index contributed by atoms with van der Waals surface area (Å²) in [6.07, 6.45) is -3.56. The van der Waals surface area contributed by atoms with Crippen LogP contribution >= 0.6 is 0 Å². The summed E-state index contributed by atoms with van der Waals surface area (Å²) in [7, 11) is 0. The van der Waals surface area contributed by atoms with Crippen molar-refractivity contribution in [3.63, 3.8) is 0 Å². The van der Waals surface area contributed by atoms with E-state index < -0.39 is 24.3 Å². The molecule has 9 nitrogen and oxygen atoms in total. The lowest BCUT2D eigenvalue weighted by Crippen LogP contribution is -2.50. The van der Waals surface area contributed by atoms with Gasteiger partial charge < -0.3 is 19.4 Å². The lowest BCUT2D eigenvalue weighted by atomic mass is 10.1. The van der Waals surface area contributed by atoms with Crippen LogP contribution in [0.1, 0.15) is 31.2 Å². The molecule has 0 bridgehead atoms. The maximum absolute atomic E-state index is 13.0. The summed E-state index contributed by atoms with van der Waals surface area (Å²) in [5.41, 5.74) is 1.11. The predicted octanol–water partition coefficient (Wildman–Crippen LogP) is 2.50.